The number of nitrogens with one attached hydrogen (secondary N) is 2. The molecule has 118 valence electrons. The summed E-state index contributed by atoms with van der Waals surface area (Å²) in [6.07, 6.45) is 0. The lowest BCUT2D eigenvalue weighted by Gasteiger charge is -2.31. The van der Waals surface area contributed by atoms with Crippen LogP contribution in [0.1, 0.15) is 5.56 Å². The van der Waals surface area contributed by atoms with E-state index in [-0.39, 0.29) is 0 Å². The van der Waals surface area contributed by atoms with E-state index in [9.17, 15) is 0 Å². The van der Waals surface area contributed by atoms with Crippen molar-refractivity contribution in [2.24, 2.45) is 4.99 Å². The second-order valence-electron chi connectivity index (χ2n) is 5.62. The van der Waals surface area contributed by atoms with Crippen molar-refractivity contribution in [1.82, 2.24) is 10.2 Å². The maximum atomic E-state index is 6.51. The molecule has 0 saturated carbocycles. The van der Waals surface area contributed by atoms with E-state index < -0.39 is 0 Å². The third-order valence-corrected chi connectivity index (χ3v) is 4.66. The maximum Gasteiger partial charge on any atom is 0.140 e. The van der Waals surface area contributed by atoms with Crippen molar-refractivity contribution in [1.29, 1.82) is 0 Å². The average molecular weight is 347 g/mol. The molecule has 0 unspecified atom stereocenters. The van der Waals surface area contributed by atoms with Crippen molar-refractivity contribution >= 4 is 46.1 Å². The summed E-state index contributed by atoms with van der Waals surface area (Å²) >= 11 is 12.7. The van der Waals surface area contributed by atoms with E-state index in [1.807, 2.05) is 36.4 Å². The van der Waals surface area contributed by atoms with E-state index in [2.05, 4.69) is 15.5 Å². The first-order valence-electron chi connectivity index (χ1n) is 7.62. The monoisotopic (exact) mass is 346 g/mol. The van der Waals surface area contributed by atoms with Gasteiger partial charge in [0.1, 0.15) is 5.84 Å². The van der Waals surface area contributed by atoms with Crippen LogP contribution in [0.2, 0.25) is 10.0 Å². The van der Waals surface area contributed by atoms with Crippen LogP contribution in [-0.4, -0.2) is 36.9 Å². The van der Waals surface area contributed by atoms with Crippen LogP contribution < -0.4 is 10.6 Å². The summed E-state index contributed by atoms with van der Waals surface area (Å²) in [5.74, 6) is 0.903. The highest BCUT2D eigenvalue weighted by molar-refractivity contribution is 6.35. The van der Waals surface area contributed by atoms with E-state index in [1.54, 1.807) is 0 Å². The maximum absolute atomic E-state index is 6.51. The molecular weight excluding hydrogens is 331 g/mol. The van der Waals surface area contributed by atoms with Crippen LogP contribution in [0.4, 0.5) is 17.1 Å². The number of fused-ring (bicyclic) bond motifs is 2. The fourth-order valence-electron chi connectivity index (χ4n) is 2.98. The Kier molecular flexibility index (Phi) is 3.89. The van der Waals surface area contributed by atoms with E-state index in [0.29, 0.717) is 10.0 Å². The number of anilines is 2. The Morgan fingerprint density at radius 3 is 2.65 bits per heavy atom. The lowest BCUT2D eigenvalue weighted by Crippen LogP contribution is -2.46. The van der Waals surface area contributed by atoms with Crippen molar-refractivity contribution in [2.45, 2.75) is 0 Å². The SMILES string of the molecule is Clc1ccc2c(c1)N=C(N1CCNCC1)c1c(Cl)cccc1N2. The average Bonchev–Trinajstić information content (AvgIpc) is 2.73. The molecule has 0 radical (unpaired) electrons. The molecule has 6 heteroatoms. The van der Waals surface area contributed by atoms with Crippen LogP contribution >= 0.6 is 23.2 Å². The zero-order valence-corrected chi connectivity index (χ0v) is 14.0. The van der Waals surface area contributed by atoms with Gasteiger partial charge in [0.05, 0.1) is 27.6 Å². The smallest absolute Gasteiger partial charge is 0.140 e. The molecule has 0 atom stereocenters. The number of hydrogen-bond donors (Lipinski definition) is 2. The fourth-order valence-corrected chi connectivity index (χ4v) is 3.40. The lowest BCUT2D eigenvalue weighted by molar-refractivity contribution is 0.358. The van der Waals surface area contributed by atoms with Gasteiger partial charge in [-0.1, -0.05) is 29.3 Å². The molecule has 0 aliphatic carbocycles. The molecule has 4 nitrogen and oxygen atoms in total. The fraction of sp³-hybridized carbons (Fsp3) is 0.235. The largest absolute Gasteiger partial charge is 0.353 e. The Balaban J connectivity index is 1.92. The van der Waals surface area contributed by atoms with Gasteiger partial charge in [0.25, 0.3) is 0 Å². The molecular formula is C17H16Cl2N4. The summed E-state index contributed by atoms with van der Waals surface area (Å²) < 4.78 is 0. The summed E-state index contributed by atoms with van der Waals surface area (Å²) in [6, 6.07) is 11.6. The summed E-state index contributed by atoms with van der Waals surface area (Å²) in [5, 5.41) is 8.18. The number of piperazine rings is 1. The molecule has 2 aromatic rings. The van der Waals surface area contributed by atoms with Crippen molar-refractivity contribution < 1.29 is 0 Å². The second-order valence-corrected chi connectivity index (χ2v) is 6.46. The first-order valence-corrected chi connectivity index (χ1v) is 8.38. The van der Waals surface area contributed by atoms with Gasteiger partial charge in [-0.3, -0.25) is 0 Å². The van der Waals surface area contributed by atoms with E-state index >= 15 is 0 Å². The molecule has 0 amide bonds. The Hall–Kier alpha value is -1.75. The number of rotatable bonds is 0. The summed E-state index contributed by atoms with van der Waals surface area (Å²) in [4.78, 5) is 7.19. The quantitative estimate of drug-likeness (QED) is 0.756. The highest BCUT2D eigenvalue weighted by atomic mass is 35.5. The zero-order valence-electron chi connectivity index (χ0n) is 12.4. The third kappa shape index (κ3) is 2.78. The van der Waals surface area contributed by atoms with Crippen LogP contribution in [0.25, 0.3) is 0 Å². The Labute approximate surface area is 145 Å². The first kappa shape index (κ1) is 14.8. The molecule has 1 saturated heterocycles. The topological polar surface area (TPSA) is 39.7 Å². The number of aliphatic imine (C=N–C) groups is 1. The van der Waals surface area contributed by atoms with Crippen molar-refractivity contribution in [3.05, 3.63) is 52.0 Å². The van der Waals surface area contributed by atoms with E-state index in [4.69, 9.17) is 28.2 Å². The number of amidine groups is 1. The van der Waals surface area contributed by atoms with Crippen LogP contribution in [0.3, 0.4) is 0 Å². The van der Waals surface area contributed by atoms with Crippen LogP contribution in [0.15, 0.2) is 41.4 Å². The van der Waals surface area contributed by atoms with Gasteiger partial charge in [-0.05, 0) is 30.3 Å². The molecule has 0 spiro atoms. The predicted molar refractivity (Wildman–Crippen MR) is 96.8 cm³/mol. The molecule has 2 N–H and O–H groups in total. The zero-order chi connectivity index (χ0) is 15.8. The first-order chi connectivity index (χ1) is 11.2. The van der Waals surface area contributed by atoms with E-state index in [1.165, 1.54) is 0 Å². The summed E-state index contributed by atoms with van der Waals surface area (Å²) in [6.45, 7) is 3.68. The molecule has 2 aliphatic rings. The number of benzene rings is 2. The molecule has 1 fully saturated rings. The molecule has 2 heterocycles. The lowest BCUT2D eigenvalue weighted by atomic mass is 10.1. The molecule has 23 heavy (non-hydrogen) atoms. The van der Waals surface area contributed by atoms with Gasteiger partial charge in [-0.25, -0.2) is 4.99 Å². The highest BCUT2D eigenvalue weighted by Crippen LogP contribution is 2.38. The summed E-state index contributed by atoms with van der Waals surface area (Å²) in [7, 11) is 0. The molecule has 4 rings (SSSR count). The molecule has 0 aromatic heterocycles. The van der Waals surface area contributed by atoms with Gasteiger partial charge in [-0.2, -0.15) is 0 Å². The van der Waals surface area contributed by atoms with Gasteiger partial charge in [0.15, 0.2) is 0 Å². The Morgan fingerprint density at radius 1 is 1.00 bits per heavy atom. The van der Waals surface area contributed by atoms with Gasteiger partial charge in [0.2, 0.25) is 0 Å². The van der Waals surface area contributed by atoms with E-state index in [0.717, 1.165) is 54.6 Å². The Morgan fingerprint density at radius 2 is 1.83 bits per heavy atom. The van der Waals surface area contributed by atoms with Gasteiger partial charge < -0.3 is 15.5 Å². The second kappa shape index (κ2) is 6.04. The minimum Gasteiger partial charge on any atom is -0.353 e. The normalized spacial score (nSPS) is 16.8. The van der Waals surface area contributed by atoms with Crippen molar-refractivity contribution in [2.75, 3.05) is 31.5 Å². The molecule has 0 bridgehead atoms. The van der Waals surface area contributed by atoms with Crippen LogP contribution in [0.5, 0.6) is 0 Å². The van der Waals surface area contributed by atoms with Gasteiger partial charge in [0, 0.05) is 31.2 Å². The van der Waals surface area contributed by atoms with Crippen molar-refractivity contribution in [3.8, 4) is 0 Å². The summed E-state index contributed by atoms with van der Waals surface area (Å²) in [5.41, 5.74) is 3.68. The van der Waals surface area contributed by atoms with Gasteiger partial charge in [-0.15, -0.1) is 0 Å². The minimum atomic E-state index is 0.672. The van der Waals surface area contributed by atoms with Gasteiger partial charge >= 0.3 is 0 Å². The third-order valence-electron chi connectivity index (χ3n) is 4.11. The highest BCUT2D eigenvalue weighted by Gasteiger charge is 2.24. The Bertz CT molecular complexity index is 782. The minimum absolute atomic E-state index is 0.672. The van der Waals surface area contributed by atoms with Crippen LogP contribution in [0, 0.1) is 0 Å². The molecule has 2 aromatic carbocycles. The number of nitrogens with zero attached hydrogens (tertiary/aromatic N) is 2. The standard InChI is InChI=1S/C17H16Cl2N4/c18-11-4-5-13-15(10-11)22-17(23-8-6-20-7-9-23)16-12(19)2-1-3-14(16)21-13/h1-5,10,20-21H,6-9H2. The van der Waals surface area contributed by atoms with Crippen molar-refractivity contribution in [3.63, 3.8) is 0 Å². The van der Waals surface area contributed by atoms with Crippen LogP contribution in [-0.2, 0) is 0 Å². The predicted octanol–water partition coefficient (Wildman–Crippen LogP) is 4.03. The molecule has 2 aliphatic heterocycles. The number of hydrogen-bond acceptors (Lipinski definition) is 4. The number of halogens is 2.